The van der Waals surface area contributed by atoms with Crippen molar-refractivity contribution in [1.82, 2.24) is 4.90 Å². The third-order valence-electron chi connectivity index (χ3n) is 3.51. The van der Waals surface area contributed by atoms with Crippen molar-refractivity contribution in [3.63, 3.8) is 0 Å². The van der Waals surface area contributed by atoms with Gasteiger partial charge in [-0.1, -0.05) is 13.8 Å². The summed E-state index contributed by atoms with van der Waals surface area (Å²) in [4.78, 5) is 14.2. The minimum absolute atomic E-state index is 0.0438. The summed E-state index contributed by atoms with van der Waals surface area (Å²) in [6.07, 6.45) is 3.31. The van der Waals surface area contributed by atoms with Gasteiger partial charge in [0.15, 0.2) is 0 Å². The highest BCUT2D eigenvalue weighted by Crippen LogP contribution is 2.24. The Kier molecular flexibility index (Phi) is 5.26. The number of hydrogen-bond donors (Lipinski definition) is 0. The molecule has 3 unspecified atom stereocenters. The van der Waals surface area contributed by atoms with Crippen LogP contribution in [0.2, 0.25) is 0 Å². The van der Waals surface area contributed by atoms with E-state index in [0.29, 0.717) is 18.6 Å². The first-order chi connectivity index (χ1) is 7.60. The van der Waals surface area contributed by atoms with Crippen LogP contribution in [0.5, 0.6) is 0 Å². The molecule has 0 aromatic rings. The molecule has 1 saturated heterocycles. The van der Waals surface area contributed by atoms with Crippen molar-refractivity contribution in [3.05, 3.63) is 0 Å². The smallest absolute Gasteiger partial charge is 0.323 e. The molecule has 3 nitrogen and oxygen atoms in total. The Labute approximate surface area is 99.1 Å². The molecule has 0 aliphatic carbocycles. The van der Waals surface area contributed by atoms with Crippen molar-refractivity contribution < 1.29 is 9.53 Å². The minimum Gasteiger partial charge on any atom is -0.465 e. The first-order valence-electron chi connectivity index (χ1n) is 6.52. The van der Waals surface area contributed by atoms with Gasteiger partial charge in [0.25, 0.3) is 0 Å². The second-order valence-corrected chi connectivity index (χ2v) is 4.90. The van der Waals surface area contributed by atoms with E-state index in [1.54, 1.807) is 0 Å². The predicted octanol–water partition coefficient (Wildman–Crippen LogP) is 2.45. The minimum atomic E-state index is -0.0500. The van der Waals surface area contributed by atoms with Gasteiger partial charge in [-0.3, -0.25) is 9.69 Å². The second-order valence-electron chi connectivity index (χ2n) is 4.90. The van der Waals surface area contributed by atoms with Crippen molar-refractivity contribution in [3.8, 4) is 0 Å². The first kappa shape index (κ1) is 13.5. The van der Waals surface area contributed by atoms with Gasteiger partial charge in [-0.25, -0.2) is 0 Å². The second kappa shape index (κ2) is 6.24. The molecular weight excluding hydrogens is 202 g/mol. The van der Waals surface area contributed by atoms with Crippen molar-refractivity contribution in [2.24, 2.45) is 5.92 Å². The highest BCUT2D eigenvalue weighted by atomic mass is 16.5. The largest absolute Gasteiger partial charge is 0.465 e. The number of esters is 1. The summed E-state index contributed by atoms with van der Waals surface area (Å²) in [5.74, 6) is 0.644. The normalized spacial score (nSPS) is 28.8. The Balaban J connectivity index is 2.66. The number of carbonyl (C=O) groups is 1. The maximum Gasteiger partial charge on any atom is 0.323 e. The number of likely N-dealkylation sites (tertiary alicyclic amines) is 1. The maximum atomic E-state index is 11.9. The Morgan fingerprint density at radius 1 is 1.38 bits per heavy atom. The zero-order valence-electron chi connectivity index (χ0n) is 11.0. The molecule has 0 spiro atoms. The van der Waals surface area contributed by atoms with Crippen LogP contribution >= 0.6 is 0 Å². The fourth-order valence-electron chi connectivity index (χ4n) is 2.53. The van der Waals surface area contributed by atoms with Crippen LogP contribution in [0, 0.1) is 5.92 Å². The quantitative estimate of drug-likeness (QED) is 0.691. The van der Waals surface area contributed by atoms with Gasteiger partial charge in [0, 0.05) is 12.6 Å². The van der Waals surface area contributed by atoms with Crippen LogP contribution in [0.3, 0.4) is 0 Å². The van der Waals surface area contributed by atoms with Gasteiger partial charge in [-0.2, -0.15) is 0 Å². The topological polar surface area (TPSA) is 29.5 Å². The maximum absolute atomic E-state index is 11.9. The lowest BCUT2D eigenvalue weighted by Gasteiger charge is -2.40. The van der Waals surface area contributed by atoms with E-state index in [2.05, 4.69) is 25.7 Å². The molecule has 16 heavy (non-hydrogen) atoms. The van der Waals surface area contributed by atoms with E-state index in [-0.39, 0.29) is 12.0 Å². The van der Waals surface area contributed by atoms with Gasteiger partial charge in [0.2, 0.25) is 0 Å². The zero-order valence-corrected chi connectivity index (χ0v) is 11.0. The highest BCUT2D eigenvalue weighted by Gasteiger charge is 2.32. The highest BCUT2D eigenvalue weighted by molar-refractivity contribution is 5.75. The Morgan fingerprint density at radius 2 is 2.06 bits per heavy atom. The number of piperidine rings is 1. The fourth-order valence-corrected chi connectivity index (χ4v) is 2.53. The number of rotatable bonds is 4. The van der Waals surface area contributed by atoms with E-state index in [9.17, 15) is 4.79 Å². The Bertz CT molecular complexity index is 230. The van der Waals surface area contributed by atoms with Crippen molar-refractivity contribution >= 4 is 5.97 Å². The van der Waals surface area contributed by atoms with Crippen molar-refractivity contribution in [2.45, 2.75) is 59.0 Å². The molecule has 3 heteroatoms. The number of ether oxygens (including phenoxy) is 1. The molecule has 1 aliphatic rings. The van der Waals surface area contributed by atoms with E-state index in [0.717, 1.165) is 13.0 Å². The van der Waals surface area contributed by atoms with Gasteiger partial charge >= 0.3 is 5.97 Å². The zero-order chi connectivity index (χ0) is 12.1. The molecule has 0 radical (unpaired) electrons. The summed E-state index contributed by atoms with van der Waals surface area (Å²) >= 11 is 0. The molecule has 0 aromatic carbocycles. The molecule has 94 valence electrons. The molecule has 1 rings (SSSR count). The first-order valence-corrected chi connectivity index (χ1v) is 6.52. The van der Waals surface area contributed by atoms with Gasteiger partial charge in [-0.05, 0) is 39.0 Å². The predicted molar refractivity (Wildman–Crippen MR) is 65.3 cm³/mol. The van der Waals surface area contributed by atoms with Crippen LogP contribution < -0.4 is 0 Å². The van der Waals surface area contributed by atoms with E-state index >= 15 is 0 Å². The third-order valence-corrected chi connectivity index (χ3v) is 3.51. The van der Waals surface area contributed by atoms with E-state index in [4.69, 9.17) is 4.74 Å². The van der Waals surface area contributed by atoms with E-state index < -0.39 is 0 Å². The molecule has 3 atom stereocenters. The number of hydrogen-bond acceptors (Lipinski definition) is 3. The van der Waals surface area contributed by atoms with Crippen LogP contribution in [0.15, 0.2) is 0 Å². The van der Waals surface area contributed by atoms with Crippen LogP contribution in [0.4, 0.5) is 0 Å². The van der Waals surface area contributed by atoms with Crippen LogP contribution in [-0.4, -0.2) is 36.1 Å². The molecule has 0 aromatic heterocycles. The van der Waals surface area contributed by atoms with Crippen molar-refractivity contribution in [1.29, 1.82) is 0 Å². The van der Waals surface area contributed by atoms with Crippen LogP contribution in [0.1, 0.15) is 47.0 Å². The summed E-state index contributed by atoms with van der Waals surface area (Å²) in [5, 5.41) is 0. The lowest BCUT2D eigenvalue weighted by atomic mass is 9.93. The lowest BCUT2D eigenvalue weighted by molar-refractivity contribution is -0.151. The third kappa shape index (κ3) is 3.21. The van der Waals surface area contributed by atoms with Crippen LogP contribution in [-0.2, 0) is 9.53 Å². The lowest BCUT2D eigenvalue weighted by Crippen LogP contribution is -2.51. The van der Waals surface area contributed by atoms with Gasteiger partial charge in [-0.15, -0.1) is 0 Å². The van der Waals surface area contributed by atoms with Gasteiger partial charge < -0.3 is 4.74 Å². The molecule has 0 N–H and O–H groups in total. The standard InChI is InChI=1S/C13H25NO2/c1-5-12(13(15)16-6-2)14-9-10(3)7-8-11(14)4/h10-12H,5-9H2,1-4H3. The molecule has 1 fully saturated rings. The van der Waals surface area contributed by atoms with E-state index in [1.807, 2.05) is 6.92 Å². The van der Waals surface area contributed by atoms with E-state index in [1.165, 1.54) is 12.8 Å². The number of nitrogens with zero attached hydrogens (tertiary/aromatic N) is 1. The SMILES string of the molecule is CCOC(=O)C(CC)N1CC(C)CCC1C. The number of carbonyl (C=O) groups excluding carboxylic acids is 1. The molecular formula is C13H25NO2. The fraction of sp³-hybridized carbons (Fsp3) is 0.923. The molecule has 0 bridgehead atoms. The Morgan fingerprint density at radius 3 is 2.62 bits per heavy atom. The molecule has 1 aliphatic heterocycles. The molecule has 0 amide bonds. The Hall–Kier alpha value is -0.570. The van der Waals surface area contributed by atoms with Crippen LogP contribution in [0.25, 0.3) is 0 Å². The van der Waals surface area contributed by atoms with Gasteiger partial charge in [0.05, 0.1) is 6.61 Å². The molecule has 1 heterocycles. The summed E-state index contributed by atoms with van der Waals surface area (Å²) in [6, 6.07) is 0.461. The van der Waals surface area contributed by atoms with Gasteiger partial charge in [0.1, 0.15) is 6.04 Å². The van der Waals surface area contributed by atoms with Crippen molar-refractivity contribution in [2.75, 3.05) is 13.2 Å². The summed E-state index contributed by atoms with van der Waals surface area (Å²) in [5.41, 5.74) is 0. The summed E-state index contributed by atoms with van der Waals surface area (Å²) in [6.45, 7) is 9.91. The monoisotopic (exact) mass is 227 g/mol. The summed E-state index contributed by atoms with van der Waals surface area (Å²) < 4.78 is 5.15. The summed E-state index contributed by atoms with van der Waals surface area (Å²) in [7, 11) is 0. The average Bonchev–Trinajstić information content (AvgIpc) is 2.24. The molecule has 0 saturated carbocycles. The average molecular weight is 227 g/mol.